The molecule has 1 heterocycles. The Labute approximate surface area is 151 Å². The van der Waals surface area contributed by atoms with Gasteiger partial charge in [-0.15, -0.1) is 0 Å². The van der Waals surface area contributed by atoms with E-state index in [1.165, 1.54) is 0 Å². The molecule has 4 nitrogen and oxygen atoms in total. The second kappa shape index (κ2) is 8.72. The molecule has 3 rings (SSSR count). The van der Waals surface area contributed by atoms with Crippen LogP contribution in [0.1, 0.15) is 11.1 Å². The van der Waals surface area contributed by atoms with Gasteiger partial charge in [-0.3, -0.25) is 9.59 Å². The number of hydrogen-bond donors (Lipinski definition) is 0. The first-order chi connectivity index (χ1) is 12.2. The molecular formula is C20H20O4S. The lowest BCUT2D eigenvalue weighted by Gasteiger charge is -2.17. The van der Waals surface area contributed by atoms with Crippen molar-refractivity contribution in [1.29, 1.82) is 0 Å². The number of benzene rings is 2. The fraction of sp³-hybridized carbons (Fsp3) is 0.300. The molecule has 0 saturated carbocycles. The molecule has 2 atom stereocenters. The average Bonchev–Trinajstić information content (AvgIpc) is 3.16. The van der Waals surface area contributed by atoms with Crippen molar-refractivity contribution in [3.63, 3.8) is 0 Å². The predicted octanol–water partition coefficient (Wildman–Crippen LogP) is 3.45. The van der Waals surface area contributed by atoms with E-state index < -0.39 is 11.8 Å². The summed E-state index contributed by atoms with van der Waals surface area (Å²) in [5.41, 5.74) is 1.87. The van der Waals surface area contributed by atoms with E-state index in [0.717, 1.165) is 11.1 Å². The molecule has 0 aliphatic carbocycles. The largest absolute Gasteiger partial charge is 0.461 e. The minimum atomic E-state index is -0.433. The van der Waals surface area contributed by atoms with Gasteiger partial charge in [0.15, 0.2) is 0 Å². The zero-order chi connectivity index (χ0) is 17.5. The normalized spacial score (nSPS) is 19.4. The molecule has 2 aromatic rings. The minimum absolute atomic E-state index is 0.229. The quantitative estimate of drug-likeness (QED) is 0.742. The van der Waals surface area contributed by atoms with Gasteiger partial charge in [0, 0.05) is 11.5 Å². The molecule has 2 unspecified atom stereocenters. The molecule has 0 N–H and O–H groups in total. The zero-order valence-corrected chi connectivity index (χ0v) is 14.6. The number of esters is 2. The Balaban J connectivity index is 1.52. The van der Waals surface area contributed by atoms with Crippen LogP contribution >= 0.6 is 11.8 Å². The van der Waals surface area contributed by atoms with E-state index in [2.05, 4.69) is 0 Å². The van der Waals surface area contributed by atoms with E-state index in [1.807, 2.05) is 60.7 Å². The average molecular weight is 356 g/mol. The highest BCUT2D eigenvalue weighted by Crippen LogP contribution is 2.32. The van der Waals surface area contributed by atoms with Gasteiger partial charge in [0.05, 0.1) is 11.8 Å². The Morgan fingerprint density at radius 1 is 0.760 bits per heavy atom. The van der Waals surface area contributed by atoms with Crippen molar-refractivity contribution < 1.29 is 19.1 Å². The van der Waals surface area contributed by atoms with E-state index in [9.17, 15) is 9.59 Å². The van der Waals surface area contributed by atoms with Gasteiger partial charge in [-0.2, -0.15) is 11.8 Å². The van der Waals surface area contributed by atoms with Crippen LogP contribution in [0.2, 0.25) is 0 Å². The molecule has 1 fully saturated rings. The molecule has 2 aromatic carbocycles. The summed E-state index contributed by atoms with van der Waals surface area (Å²) >= 11 is 1.59. The van der Waals surface area contributed by atoms with Crippen LogP contribution in [0.15, 0.2) is 60.7 Å². The maximum absolute atomic E-state index is 12.4. The maximum Gasteiger partial charge on any atom is 0.311 e. The topological polar surface area (TPSA) is 52.6 Å². The summed E-state index contributed by atoms with van der Waals surface area (Å²) in [4.78, 5) is 24.7. The number of rotatable bonds is 6. The van der Waals surface area contributed by atoms with Gasteiger partial charge in [-0.25, -0.2) is 0 Å². The lowest BCUT2D eigenvalue weighted by atomic mass is 9.96. The summed E-state index contributed by atoms with van der Waals surface area (Å²) < 4.78 is 10.8. The fourth-order valence-corrected chi connectivity index (χ4v) is 4.07. The van der Waals surface area contributed by atoms with E-state index in [1.54, 1.807) is 11.8 Å². The molecular weight excluding hydrogens is 336 g/mol. The van der Waals surface area contributed by atoms with Crippen LogP contribution < -0.4 is 0 Å². The van der Waals surface area contributed by atoms with Crippen LogP contribution in [0.25, 0.3) is 0 Å². The third-order valence-corrected chi connectivity index (χ3v) is 5.32. The lowest BCUT2D eigenvalue weighted by Crippen LogP contribution is -2.31. The predicted molar refractivity (Wildman–Crippen MR) is 96.8 cm³/mol. The number of thioether (sulfide) groups is 1. The summed E-state index contributed by atoms with van der Waals surface area (Å²) in [5, 5.41) is 0. The van der Waals surface area contributed by atoms with Crippen LogP contribution in [-0.4, -0.2) is 23.4 Å². The SMILES string of the molecule is O=C(OCc1ccccc1)C1CSCC1C(=O)OCc1ccccc1. The molecule has 1 aliphatic heterocycles. The highest BCUT2D eigenvalue weighted by Gasteiger charge is 2.40. The number of ether oxygens (including phenoxy) is 2. The van der Waals surface area contributed by atoms with Crippen LogP contribution in [0.5, 0.6) is 0 Å². The first-order valence-corrected chi connectivity index (χ1v) is 9.38. The first-order valence-electron chi connectivity index (χ1n) is 8.23. The standard InChI is InChI=1S/C20H20O4S/c21-19(23-11-15-7-3-1-4-8-15)17-13-25-14-18(17)20(22)24-12-16-9-5-2-6-10-16/h1-10,17-18H,11-14H2. The highest BCUT2D eigenvalue weighted by atomic mass is 32.2. The number of carbonyl (C=O) groups is 2. The van der Waals surface area contributed by atoms with Gasteiger partial charge in [0.1, 0.15) is 13.2 Å². The summed E-state index contributed by atoms with van der Waals surface area (Å²) in [6.45, 7) is 0.458. The smallest absolute Gasteiger partial charge is 0.311 e. The Kier molecular flexibility index (Phi) is 6.12. The van der Waals surface area contributed by atoms with E-state index in [4.69, 9.17) is 9.47 Å². The van der Waals surface area contributed by atoms with Gasteiger partial charge in [-0.1, -0.05) is 60.7 Å². The number of carbonyl (C=O) groups excluding carboxylic acids is 2. The van der Waals surface area contributed by atoms with Crippen molar-refractivity contribution in [3.05, 3.63) is 71.8 Å². The van der Waals surface area contributed by atoms with Crippen molar-refractivity contribution >= 4 is 23.7 Å². The molecule has 1 aliphatic rings. The van der Waals surface area contributed by atoms with Crippen molar-refractivity contribution in [2.24, 2.45) is 11.8 Å². The molecule has 25 heavy (non-hydrogen) atoms. The van der Waals surface area contributed by atoms with Crippen LogP contribution in [0.3, 0.4) is 0 Å². The molecule has 0 radical (unpaired) electrons. The first kappa shape index (κ1) is 17.5. The second-order valence-corrected chi connectivity index (χ2v) is 7.01. The molecule has 0 amide bonds. The van der Waals surface area contributed by atoms with Crippen LogP contribution in [0, 0.1) is 11.8 Å². The van der Waals surface area contributed by atoms with Crippen LogP contribution in [-0.2, 0) is 32.3 Å². The van der Waals surface area contributed by atoms with Crippen molar-refractivity contribution in [2.45, 2.75) is 13.2 Å². The Morgan fingerprint density at radius 2 is 1.16 bits per heavy atom. The third-order valence-electron chi connectivity index (χ3n) is 4.13. The van der Waals surface area contributed by atoms with Crippen molar-refractivity contribution in [2.75, 3.05) is 11.5 Å². The fourth-order valence-electron chi connectivity index (χ4n) is 2.69. The minimum Gasteiger partial charge on any atom is -0.461 e. The van der Waals surface area contributed by atoms with E-state index in [-0.39, 0.29) is 25.2 Å². The molecule has 130 valence electrons. The van der Waals surface area contributed by atoms with Gasteiger partial charge >= 0.3 is 11.9 Å². The molecule has 5 heteroatoms. The highest BCUT2D eigenvalue weighted by molar-refractivity contribution is 7.99. The van der Waals surface area contributed by atoms with Crippen molar-refractivity contribution in [1.82, 2.24) is 0 Å². The number of hydrogen-bond acceptors (Lipinski definition) is 5. The molecule has 0 bridgehead atoms. The maximum atomic E-state index is 12.4. The summed E-state index contributed by atoms with van der Waals surface area (Å²) in [5.74, 6) is -0.322. The molecule has 0 aromatic heterocycles. The Bertz CT molecular complexity index is 641. The summed E-state index contributed by atoms with van der Waals surface area (Å²) in [6, 6.07) is 19.1. The summed E-state index contributed by atoms with van der Waals surface area (Å²) in [7, 11) is 0. The van der Waals surface area contributed by atoms with Gasteiger partial charge in [-0.05, 0) is 11.1 Å². The summed E-state index contributed by atoms with van der Waals surface area (Å²) in [6.07, 6.45) is 0. The lowest BCUT2D eigenvalue weighted by molar-refractivity contribution is -0.160. The Morgan fingerprint density at radius 3 is 1.56 bits per heavy atom. The Hall–Kier alpha value is -2.27. The van der Waals surface area contributed by atoms with E-state index in [0.29, 0.717) is 11.5 Å². The monoisotopic (exact) mass is 356 g/mol. The van der Waals surface area contributed by atoms with Gasteiger partial charge < -0.3 is 9.47 Å². The molecule has 1 saturated heterocycles. The third kappa shape index (κ3) is 4.86. The zero-order valence-electron chi connectivity index (χ0n) is 13.8. The van der Waals surface area contributed by atoms with E-state index >= 15 is 0 Å². The second-order valence-electron chi connectivity index (χ2n) is 5.94. The van der Waals surface area contributed by atoms with Gasteiger partial charge in [0.25, 0.3) is 0 Å². The van der Waals surface area contributed by atoms with Crippen molar-refractivity contribution in [3.8, 4) is 0 Å². The van der Waals surface area contributed by atoms with Gasteiger partial charge in [0.2, 0.25) is 0 Å². The molecule has 0 spiro atoms. The van der Waals surface area contributed by atoms with Crippen LogP contribution in [0.4, 0.5) is 0 Å².